The van der Waals surface area contributed by atoms with Gasteiger partial charge in [0.15, 0.2) is 0 Å². The molecule has 3 atom stereocenters. The van der Waals surface area contributed by atoms with E-state index in [9.17, 15) is 9.59 Å². The first kappa shape index (κ1) is 33.7. The van der Waals surface area contributed by atoms with Gasteiger partial charge in [-0.3, -0.25) is 14.6 Å². The van der Waals surface area contributed by atoms with Crippen molar-refractivity contribution in [3.8, 4) is 0 Å². The molecule has 2 amide bonds. The van der Waals surface area contributed by atoms with Crippen LogP contribution in [0.1, 0.15) is 71.9 Å². The zero-order valence-electron chi connectivity index (χ0n) is 25.0. The number of amides is 2. The van der Waals surface area contributed by atoms with Gasteiger partial charge in [0, 0.05) is 18.4 Å². The predicted octanol–water partition coefficient (Wildman–Crippen LogP) is 5.06. The van der Waals surface area contributed by atoms with E-state index >= 15 is 0 Å². The number of nitrogens with zero attached hydrogens (tertiary/aromatic N) is 1. The molecule has 0 aliphatic rings. The second-order valence-electron chi connectivity index (χ2n) is 10.2. The van der Waals surface area contributed by atoms with E-state index in [4.69, 9.17) is 0 Å². The summed E-state index contributed by atoms with van der Waals surface area (Å²) in [4.78, 5) is 30.3. The van der Waals surface area contributed by atoms with Gasteiger partial charge in [0.1, 0.15) is 6.04 Å². The number of amidine groups is 1. The summed E-state index contributed by atoms with van der Waals surface area (Å²) in [6, 6.07) is 7.84. The zero-order valence-corrected chi connectivity index (χ0v) is 25.0. The van der Waals surface area contributed by atoms with Crippen LogP contribution in [-0.2, 0) is 22.4 Å². The third-order valence-electron chi connectivity index (χ3n) is 6.81. The van der Waals surface area contributed by atoms with Crippen molar-refractivity contribution < 1.29 is 9.59 Å². The highest BCUT2D eigenvalue weighted by Gasteiger charge is 2.21. The molecule has 0 heterocycles. The second-order valence-corrected chi connectivity index (χ2v) is 10.2. The van der Waals surface area contributed by atoms with Crippen LogP contribution in [-0.4, -0.2) is 43.3 Å². The first-order valence-corrected chi connectivity index (χ1v) is 14.3. The average molecular weight is 538 g/mol. The van der Waals surface area contributed by atoms with Crippen LogP contribution in [0.15, 0.2) is 66.0 Å². The number of rotatable bonds is 18. The van der Waals surface area contributed by atoms with Gasteiger partial charge in [-0.25, -0.2) is 0 Å². The maximum atomic E-state index is 13.2. The highest BCUT2D eigenvalue weighted by atomic mass is 16.2. The Morgan fingerprint density at radius 2 is 1.79 bits per heavy atom. The Hall–Kier alpha value is -3.35. The van der Waals surface area contributed by atoms with E-state index < -0.39 is 6.04 Å². The quantitative estimate of drug-likeness (QED) is 0.120. The molecule has 0 aliphatic carbocycles. The van der Waals surface area contributed by atoms with E-state index in [0.717, 1.165) is 25.0 Å². The van der Waals surface area contributed by atoms with Crippen LogP contribution in [0.3, 0.4) is 0 Å². The van der Waals surface area contributed by atoms with Gasteiger partial charge >= 0.3 is 0 Å². The van der Waals surface area contributed by atoms with Crippen LogP contribution in [0, 0.1) is 11.8 Å². The number of hydrogen-bond acceptors (Lipinski definition) is 4. The Labute approximate surface area is 236 Å². The monoisotopic (exact) mass is 537 g/mol. The van der Waals surface area contributed by atoms with Crippen LogP contribution in [0.25, 0.3) is 0 Å². The Bertz CT molecular complexity index is 983. The Balaban J connectivity index is 2.81. The number of carbonyl (C=O) groups is 2. The summed E-state index contributed by atoms with van der Waals surface area (Å²) in [5.41, 5.74) is 3.72. The molecule has 1 rings (SSSR count). The minimum Gasteiger partial charge on any atom is -0.380 e. The maximum absolute atomic E-state index is 13.2. The molecule has 0 saturated carbocycles. The zero-order chi connectivity index (χ0) is 29.0. The van der Waals surface area contributed by atoms with Crippen molar-refractivity contribution in [2.75, 3.05) is 19.6 Å². The molecular weight excluding hydrogens is 486 g/mol. The smallest absolute Gasteiger partial charge is 0.244 e. The van der Waals surface area contributed by atoms with E-state index in [1.54, 1.807) is 18.4 Å². The minimum absolute atomic E-state index is 0.101. The van der Waals surface area contributed by atoms with Crippen molar-refractivity contribution in [1.82, 2.24) is 21.3 Å². The summed E-state index contributed by atoms with van der Waals surface area (Å²) in [6.45, 7) is 16.8. The van der Waals surface area contributed by atoms with Gasteiger partial charge in [-0.05, 0) is 68.6 Å². The molecule has 7 nitrogen and oxygen atoms in total. The van der Waals surface area contributed by atoms with Gasteiger partial charge in [0.25, 0.3) is 0 Å². The predicted molar refractivity (Wildman–Crippen MR) is 165 cm³/mol. The van der Waals surface area contributed by atoms with Gasteiger partial charge in [-0.1, -0.05) is 77.1 Å². The third-order valence-corrected chi connectivity index (χ3v) is 6.81. The number of allylic oxidation sites excluding steroid dienone is 4. The Morgan fingerprint density at radius 1 is 1.08 bits per heavy atom. The van der Waals surface area contributed by atoms with Crippen LogP contribution in [0.2, 0.25) is 0 Å². The molecule has 7 heteroatoms. The molecule has 1 aromatic rings. The lowest BCUT2D eigenvalue weighted by atomic mass is 9.92. The van der Waals surface area contributed by atoms with Crippen molar-refractivity contribution in [1.29, 1.82) is 0 Å². The molecule has 0 aromatic heterocycles. The molecular formula is C32H51N5O2. The lowest BCUT2D eigenvalue weighted by molar-refractivity contribution is -0.128. The van der Waals surface area contributed by atoms with E-state index in [2.05, 4.69) is 77.9 Å². The molecule has 0 saturated heterocycles. The first-order valence-electron chi connectivity index (χ1n) is 14.3. The fourth-order valence-electron chi connectivity index (χ4n) is 4.03. The number of nitrogens with one attached hydrogen (secondary N) is 4. The van der Waals surface area contributed by atoms with Crippen molar-refractivity contribution in [2.24, 2.45) is 16.8 Å². The summed E-state index contributed by atoms with van der Waals surface area (Å²) in [7, 11) is 0. The minimum atomic E-state index is -0.773. The molecule has 2 unspecified atom stereocenters. The van der Waals surface area contributed by atoms with E-state index in [0.29, 0.717) is 18.3 Å². The average Bonchev–Trinajstić information content (AvgIpc) is 2.93. The fraction of sp³-hybridized carbons (Fsp3) is 0.531. The molecule has 4 N–H and O–H groups in total. The second kappa shape index (κ2) is 19.7. The summed E-state index contributed by atoms with van der Waals surface area (Å²) in [6.07, 6.45) is 12.2. The molecule has 39 heavy (non-hydrogen) atoms. The topological polar surface area (TPSA) is 94.6 Å². The number of aryl methyl sites for hydroxylation is 1. The molecule has 0 bridgehead atoms. The number of aliphatic imine (C=N–C) groups is 1. The van der Waals surface area contributed by atoms with Crippen LogP contribution in [0.5, 0.6) is 0 Å². The van der Waals surface area contributed by atoms with Gasteiger partial charge < -0.3 is 21.3 Å². The standard InChI is InChI=1S/C32H51N5O2/c1-8-12-19-33-26(7)34-22-30(37-31(38)23-35-29(10-3)11-4)32(39)36-21-25(6)20-28-16-14-13-15-27(28)18-17-24(5)9-2/h8,10,12-16,19,24-25,30,35H,1,9,11,17-18,20-23H2,2-7H3,(H,33,34)(H,36,39)(H,37,38)/b19-12-,29-10?/t24-,25?,30?/m1/s1. The number of hydrogen-bond donors (Lipinski definition) is 4. The van der Waals surface area contributed by atoms with Gasteiger partial charge in [-0.2, -0.15) is 0 Å². The third kappa shape index (κ3) is 14.4. The van der Waals surface area contributed by atoms with Crippen molar-refractivity contribution in [3.63, 3.8) is 0 Å². The van der Waals surface area contributed by atoms with Crippen LogP contribution in [0.4, 0.5) is 0 Å². The maximum Gasteiger partial charge on any atom is 0.244 e. The summed E-state index contributed by atoms with van der Waals surface area (Å²) in [5.74, 6) is 1.11. The number of carbonyl (C=O) groups excluding carboxylic acids is 2. The van der Waals surface area contributed by atoms with E-state index in [1.165, 1.54) is 24.0 Å². The molecule has 0 radical (unpaired) electrons. The molecule has 0 spiro atoms. The lowest BCUT2D eigenvalue weighted by Gasteiger charge is -2.20. The molecule has 0 fully saturated rings. The highest BCUT2D eigenvalue weighted by molar-refractivity contribution is 5.89. The van der Waals surface area contributed by atoms with Crippen molar-refractivity contribution in [2.45, 2.75) is 79.7 Å². The highest BCUT2D eigenvalue weighted by Crippen LogP contribution is 2.18. The number of benzene rings is 1. The molecule has 1 aromatic carbocycles. The largest absolute Gasteiger partial charge is 0.380 e. The summed E-state index contributed by atoms with van der Waals surface area (Å²) >= 11 is 0. The summed E-state index contributed by atoms with van der Waals surface area (Å²) in [5, 5.41) is 12.0. The summed E-state index contributed by atoms with van der Waals surface area (Å²) < 4.78 is 0. The molecule has 216 valence electrons. The van der Waals surface area contributed by atoms with Crippen molar-refractivity contribution >= 4 is 17.6 Å². The molecule has 0 aliphatic heterocycles. The van der Waals surface area contributed by atoms with Crippen LogP contribution >= 0.6 is 0 Å². The van der Waals surface area contributed by atoms with Gasteiger partial charge in [0.05, 0.1) is 18.9 Å². The fourth-order valence-corrected chi connectivity index (χ4v) is 4.03. The van der Waals surface area contributed by atoms with Crippen LogP contribution < -0.4 is 21.3 Å². The van der Waals surface area contributed by atoms with Gasteiger partial charge in [0.2, 0.25) is 11.8 Å². The lowest BCUT2D eigenvalue weighted by Crippen LogP contribution is -2.51. The Kier molecular flexibility index (Phi) is 17.0. The normalized spacial score (nSPS) is 14.4. The first-order chi connectivity index (χ1) is 18.7. The van der Waals surface area contributed by atoms with Crippen molar-refractivity contribution in [3.05, 3.63) is 72.1 Å². The SMILES string of the molecule is C=C/C=C\NC(C)=NCC(NC(=O)CNC(=CC)CC)C(=O)NCC(C)Cc1ccccc1CC[C@H](C)CC. The van der Waals surface area contributed by atoms with Gasteiger partial charge in [-0.15, -0.1) is 0 Å². The van der Waals surface area contributed by atoms with E-state index in [-0.39, 0.29) is 30.8 Å². The van der Waals surface area contributed by atoms with E-state index in [1.807, 2.05) is 26.8 Å². The Morgan fingerprint density at radius 3 is 2.44 bits per heavy atom.